The zero-order valence-electron chi connectivity index (χ0n) is 13.5. The molecular formula is C17H24N2O2S. The van der Waals surface area contributed by atoms with E-state index in [1.165, 1.54) is 0 Å². The molecule has 1 saturated heterocycles. The van der Waals surface area contributed by atoms with Crippen LogP contribution in [0, 0.1) is 11.3 Å². The van der Waals surface area contributed by atoms with Gasteiger partial charge in [0.25, 0.3) is 0 Å². The van der Waals surface area contributed by atoms with Gasteiger partial charge >= 0.3 is 0 Å². The Morgan fingerprint density at radius 1 is 1.36 bits per heavy atom. The topological polar surface area (TPSA) is 61.2 Å². The van der Waals surface area contributed by atoms with Gasteiger partial charge in [0.1, 0.15) is 0 Å². The van der Waals surface area contributed by atoms with Crippen LogP contribution in [-0.2, 0) is 9.84 Å². The lowest BCUT2D eigenvalue weighted by Crippen LogP contribution is -2.56. The van der Waals surface area contributed by atoms with Gasteiger partial charge in [0.2, 0.25) is 0 Å². The largest absolute Gasteiger partial charge is 0.294 e. The highest BCUT2D eigenvalue weighted by atomic mass is 32.2. The van der Waals surface area contributed by atoms with Crippen LogP contribution in [0.2, 0.25) is 0 Å². The Morgan fingerprint density at radius 3 is 2.64 bits per heavy atom. The quantitative estimate of drug-likeness (QED) is 0.856. The Morgan fingerprint density at radius 2 is 2.05 bits per heavy atom. The van der Waals surface area contributed by atoms with Crippen LogP contribution in [0.5, 0.6) is 0 Å². The number of nitriles is 1. The van der Waals surface area contributed by atoms with Crippen molar-refractivity contribution in [3.05, 3.63) is 35.4 Å². The minimum Gasteiger partial charge on any atom is -0.294 e. The van der Waals surface area contributed by atoms with Gasteiger partial charge in [0.05, 0.1) is 22.1 Å². The lowest BCUT2D eigenvalue weighted by molar-refractivity contribution is 0.178. The number of benzene rings is 1. The maximum atomic E-state index is 12.5. The van der Waals surface area contributed by atoms with Crippen molar-refractivity contribution in [1.29, 1.82) is 5.26 Å². The molecule has 4 nitrogen and oxygen atoms in total. The summed E-state index contributed by atoms with van der Waals surface area (Å²) in [5.41, 5.74) is 1.71. The third-order valence-corrected chi connectivity index (χ3v) is 7.88. The number of hydrogen-bond donors (Lipinski definition) is 0. The summed E-state index contributed by atoms with van der Waals surface area (Å²) in [5, 5.41) is 9.04. The average molecular weight is 320 g/mol. The van der Waals surface area contributed by atoms with Gasteiger partial charge in [-0.25, -0.2) is 8.42 Å². The molecule has 22 heavy (non-hydrogen) atoms. The summed E-state index contributed by atoms with van der Waals surface area (Å²) in [5.74, 6) is 0.219. The molecule has 0 aliphatic carbocycles. The molecule has 0 spiro atoms. The zero-order valence-corrected chi connectivity index (χ0v) is 14.4. The van der Waals surface area contributed by atoms with Crippen LogP contribution in [0.4, 0.5) is 0 Å². The molecule has 0 saturated carbocycles. The molecule has 0 aromatic heterocycles. The normalized spacial score (nSPS) is 21.9. The van der Waals surface area contributed by atoms with E-state index in [1.807, 2.05) is 32.0 Å². The molecule has 0 radical (unpaired) electrons. The highest BCUT2D eigenvalue weighted by Crippen LogP contribution is 2.35. The van der Waals surface area contributed by atoms with Crippen molar-refractivity contribution in [1.82, 2.24) is 4.90 Å². The number of rotatable bonds is 4. The van der Waals surface area contributed by atoms with Crippen molar-refractivity contribution in [3.8, 4) is 6.07 Å². The molecular weight excluding hydrogens is 296 g/mol. The Bertz CT molecular complexity index is 672. The van der Waals surface area contributed by atoms with Crippen molar-refractivity contribution in [2.75, 3.05) is 18.8 Å². The van der Waals surface area contributed by atoms with E-state index in [1.54, 1.807) is 6.07 Å². The van der Waals surface area contributed by atoms with Gasteiger partial charge in [0.15, 0.2) is 9.84 Å². The van der Waals surface area contributed by atoms with Crippen molar-refractivity contribution in [2.24, 2.45) is 0 Å². The first kappa shape index (κ1) is 17.0. The van der Waals surface area contributed by atoms with Crippen molar-refractivity contribution in [2.45, 2.75) is 44.4 Å². The van der Waals surface area contributed by atoms with E-state index in [9.17, 15) is 8.42 Å². The second-order valence-corrected chi connectivity index (χ2v) is 8.60. The fourth-order valence-corrected chi connectivity index (χ4v) is 5.47. The molecule has 0 bridgehead atoms. The van der Waals surface area contributed by atoms with Gasteiger partial charge in [-0.2, -0.15) is 5.26 Å². The molecule has 1 aromatic carbocycles. The molecule has 1 aliphatic rings. The van der Waals surface area contributed by atoms with Gasteiger partial charge < -0.3 is 0 Å². The van der Waals surface area contributed by atoms with E-state index in [0.29, 0.717) is 31.5 Å². The summed E-state index contributed by atoms with van der Waals surface area (Å²) >= 11 is 0. The van der Waals surface area contributed by atoms with Crippen LogP contribution < -0.4 is 0 Å². The van der Waals surface area contributed by atoms with Crippen molar-refractivity contribution < 1.29 is 8.42 Å². The van der Waals surface area contributed by atoms with Crippen LogP contribution >= 0.6 is 0 Å². The molecule has 0 amide bonds. The standard InChI is InChI=1S/C17H24N2O2S/c1-4-17(5-2)13-19(9-10-22(17,20)21)14(3)16-8-6-7-15(11-16)12-18/h6-8,11,14H,4-5,9-10,13H2,1-3H3/t14-/m1/s1. The number of hydrogen-bond acceptors (Lipinski definition) is 4. The highest BCUT2D eigenvalue weighted by Gasteiger charge is 2.46. The maximum Gasteiger partial charge on any atom is 0.158 e. The predicted octanol–water partition coefficient (Wildman–Crippen LogP) is 2.91. The minimum atomic E-state index is -3.04. The Hall–Kier alpha value is -1.38. The van der Waals surface area contributed by atoms with Gasteiger partial charge in [-0.15, -0.1) is 0 Å². The maximum absolute atomic E-state index is 12.5. The molecule has 2 rings (SSSR count). The third kappa shape index (κ3) is 2.90. The average Bonchev–Trinajstić information content (AvgIpc) is 2.54. The number of nitrogens with zero attached hydrogens (tertiary/aromatic N) is 2. The molecule has 1 atom stereocenters. The fourth-order valence-electron chi connectivity index (χ4n) is 3.32. The van der Waals surface area contributed by atoms with E-state index in [-0.39, 0.29) is 11.8 Å². The highest BCUT2D eigenvalue weighted by molar-refractivity contribution is 7.92. The second kappa shape index (κ2) is 6.39. The first-order chi connectivity index (χ1) is 10.4. The monoisotopic (exact) mass is 320 g/mol. The van der Waals surface area contributed by atoms with E-state index in [0.717, 1.165) is 5.56 Å². The lowest BCUT2D eigenvalue weighted by atomic mass is 9.98. The molecule has 1 aliphatic heterocycles. The summed E-state index contributed by atoms with van der Waals surface area (Å²) in [7, 11) is -3.04. The Balaban J connectivity index is 2.28. The summed E-state index contributed by atoms with van der Waals surface area (Å²) in [6, 6.07) is 9.86. The van der Waals surface area contributed by atoms with Gasteiger partial charge in [-0.05, 0) is 37.5 Å². The van der Waals surface area contributed by atoms with E-state index in [4.69, 9.17) is 5.26 Å². The van der Waals surface area contributed by atoms with Crippen molar-refractivity contribution in [3.63, 3.8) is 0 Å². The molecule has 1 heterocycles. The summed E-state index contributed by atoms with van der Waals surface area (Å²) < 4.78 is 24.4. The summed E-state index contributed by atoms with van der Waals surface area (Å²) in [6.45, 7) is 7.14. The van der Waals surface area contributed by atoms with E-state index < -0.39 is 14.6 Å². The fraction of sp³-hybridized carbons (Fsp3) is 0.588. The number of sulfone groups is 1. The third-order valence-electron chi connectivity index (χ3n) is 5.13. The van der Waals surface area contributed by atoms with Gasteiger partial charge in [-0.3, -0.25) is 4.90 Å². The smallest absolute Gasteiger partial charge is 0.158 e. The SMILES string of the molecule is CCC1(CC)CN([C@H](C)c2cccc(C#N)c2)CCS1(=O)=O. The Labute approximate surface area is 133 Å². The molecule has 1 fully saturated rings. The molecule has 0 unspecified atom stereocenters. The van der Waals surface area contributed by atoms with E-state index in [2.05, 4.69) is 17.9 Å². The van der Waals surface area contributed by atoms with Crippen LogP contribution in [0.25, 0.3) is 0 Å². The van der Waals surface area contributed by atoms with E-state index >= 15 is 0 Å². The molecule has 0 N–H and O–H groups in total. The van der Waals surface area contributed by atoms with Crippen molar-refractivity contribution >= 4 is 9.84 Å². The van der Waals surface area contributed by atoms with Crippen LogP contribution in [0.3, 0.4) is 0 Å². The van der Waals surface area contributed by atoms with Crippen LogP contribution in [0.15, 0.2) is 24.3 Å². The minimum absolute atomic E-state index is 0.112. The molecule has 1 aromatic rings. The first-order valence-electron chi connectivity index (χ1n) is 7.85. The second-order valence-electron chi connectivity index (χ2n) is 6.09. The summed E-state index contributed by atoms with van der Waals surface area (Å²) in [6.07, 6.45) is 1.29. The van der Waals surface area contributed by atoms with Gasteiger partial charge in [-0.1, -0.05) is 26.0 Å². The zero-order chi connectivity index (χ0) is 16.4. The van der Waals surface area contributed by atoms with Gasteiger partial charge in [0, 0.05) is 19.1 Å². The van der Waals surface area contributed by atoms with Crippen LogP contribution in [0.1, 0.15) is 50.8 Å². The van der Waals surface area contributed by atoms with Crippen LogP contribution in [-0.4, -0.2) is 36.9 Å². The predicted molar refractivity (Wildman–Crippen MR) is 88.2 cm³/mol. The summed E-state index contributed by atoms with van der Waals surface area (Å²) in [4.78, 5) is 2.24. The Kier molecular flexibility index (Phi) is 4.93. The molecule has 120 valence electrons. The molecule has 5 heteroatoms. The first-order valence-corrected chi connectivity index (χ1v) is 9.50. The lowest BCUT2D eigenvalue weighted by Gasteiger charge is -2.44.